The molecule has 1 aliphatic heterocycles. The summed E-state index contributed by atoms with van der Waals surface area (Å²) in [6.07, 6.45) is 1.84. The van der Waals surface area contributed by atoms with Crippen molar-refractivity contribution in [1.29, 1.82) is 0 Å². The number of thiophene rings is 1. The molecule has 4 nitrogen and oxygen atoms in total. The van der Waals surface area contributed by atoms with Gasteiger partial charge in [0.25, 0.3) is 0 Å². The summed E-state index contributed by atoms with van der Waals surface area (Å²) in [6, 6.07) is 1.68. The molecule has 0 atom stereocenters. The minimum atomic E-state index is -3.41. The van der Waals surface area contributed by atoms with Gasteiger partial charge in [0.2, 0.25) is 10.0 Å². The van der Waals surface area contributed by atoms with Gasteiger partial charge in [0, 0.05) is 24.5 Å². The molecule has 0 spiro atoms. The van der Waals surface area contributed by atoms with Gasteiger partial charge in [-0.15, -0.1) is 22.9 Å². The van der Waals surface area contributed by atoms with Crippen LogP contribution < -0.4 is 0 Å². The van der Waals surface area contributed by atoms with Crippen molar-refractivity contribution >= 4 is 48.9 Å². The van der Waals surface area contributed by atoms with E-state index in [-0.39, 0.29) is 0 Å². The van der Waals surface area contributed by atoms with E-state index < -0.39 is 10.0 Å². The zero-order chi connectivity index (χ0) is 15.6. The molecule has 2 rings (SSSR count). The first-order valence-electron chi connectivity index (χ1n) is 6.83. The summed E-state index contributed by atoms with van der Waals surface area (Å²) in [5, 5.41) is 0. The number of sulfonamides is 1. The zero-order valence-electron chi connectivity index (χ0n) is 12.2. The Balaban J connectivity index is 2.09. The van der Waals surface area contributed by atoms with E-state index in [1.807, 2.05) is 0 Å². The summed E-state index contributed by atoms with van der Waals surface area (Å²) in [7, 11) is 0.700. The first kappa shape index (κ1) is 17.7. The Morgan fingerprint density at radius 2 is 2.05 bits per heavy atom. The van der Waals surface area contributed by atoms with E-state index in [1.165, 1.54) is 11.3 Å². The summed E-state index contributed by atoms with van der Waals surface area (Å²) < 4.78 is 27.7. The normalized spacial score (nSPS) is 18.5. The Bertz CT molecular complexity index is 581. The first-order chi connectivity index (χ1) is 9.84. The predicted molar refractivity (Wildman–Crippen MR) is 91.6 cm³/mol. The number of nitrogens with zero attached hydrogens (tertiary/aromatic N) is 2. The second-order valence-electron chi connectivity index (χ2n) is 5.59. The Hall–Kier alpha value is 0.340. The van der Waals surface area contributed by atoms with Gasteiger partial charge in [-0.1, -0.05) is 0 Å². The van der Waals surface area contributed by atoms with E-state index in [9.17, 15) is 8.42 Å². The Morgan fingerprint density at radius 3 is 2.52 bits per heavy atom. The van der Waals surface area contributed by atoms with Gasteiger partial charge >= 0.3 is 0 Å². The minimum Gasteiger partial charge on any atom is -0.309 e. The van der Waals surface area contributed by atoms with Crippen molar-refractivity contribution in [2.75, 3.05) is 33.7 Å². The quantitative estimate of drug-likeness (QED) is 0.693. The second kappa shape index (κ2) is 7.27. The van der Waals surface area contributed by atoms with E-state index >= 15 is 0 Å². The molecule has 1 aromatic rings. The van der Waals surface area contributed by atoms with E-state index in [0.29, 0.717) is 33.6 Å². The number of halogens is 2. The maximum absolute atomic E-state index is 12.7. The number of alkyl halides is 1. The molecule has 0 N–H and O–H groups in total. The third-order valence-corrected chi connectivity index (χ3v) is 8.25. The maximum atomic E-state index is 12.7. The highest BCUT2D eigenvalue weighted by Gasteiger charge is 2.31. The molecule has 0 unspecified atom stereocenters. The topological polar surface area (TPSA) is 40.6 Å². The standard InChI is InChI=1S/C13H20BrClN2O2S2/c1-16(2)9-10-3-5-17(6-4-10)21(18,19)12-7-11(8-15)20-13(12)14/h7,10H,3-6,8-9H2,1-2H3. The highest BCUT2D eigenvalue weighted by atomic mass is 79.9. The fourth-order valence-electron chi connectivity index (χ4n) is 2.63. The molecule has 1 aromatic heterocycles. The average molecular weight is 416 g/mol. The van der Waals surface area contributed by atoms with Crippen molar-refractivity contribution in [3.05, 3.63) is 14.7 Å². The molecule has 1 fully saturated rings. The lowest BCUT2D eigenvalue weighted by Gasteiger charge is -2.32. The summed E-state index contributed by atoms with van der Waals surface area (Å²) >= 11 is 10.5. The number of rotatable bonds is 5. The third kappa shape index (κ3) is 4.20. The molecule has 2 heterocycles. The van der Waals surface area contributed by atoms with Gasteiger partial charge in [-0.25, -0.2) is 8.42 Å². The number of hydrogen-bond acceptors (Lipinski definition) is 4. The molecule has 8 heteroatoms. The molecule has 0 aliphatic carbocycles. The van der Waals surface area contributed by atoms with Crippen LogP contribution in [0.4, 0.5) is 0 Å². The smallest absolute Gasteiger partial charge is 0.245 e. The van der Waals surface area contributed by atoms with Crippen LogP contribution >= 0.6 is 38.9 Å². The fraction of sp³-hybridized carbons (Fsp3) is 0.692. The van der Waals surface area contributed by atoms with Crippen LogP contribution in [0, 0.1) is 5.92 Å². The lowest BCUT2D eigenvalue weighted by atomic mass is 9.98. The lowest BCUT2D eigenvalue weighted by molar-refractivity contribution is 0.225. The van der Waals surface area contributed by atoms with Gasteiger partial charge in [0.1, 0.15) is 4.90 Å². The van der Waals surface area contributed by atoms with Gasteiger partial charge in [-0.3, -0.25) is 0 Å². The molecule has 0 bridgehead atoms. The molecule has 21 heavy (non-hydrogen) atoms. The van der Waals surface area contributed by atoms with Crippen LogP contribution in [0.15, 0.2) is 14.7 Å². The highest BCUT2D eigenvalue weighted by Crippen LogP contribution is 2.35. The van der Waals surface area contributed by atoms with Gasteiger partial charge < -0.3 is 4.90 Å². The molecule has 1 aliphatic rings. The van der Waals surface area contributed by atoms with Crippen LogP contribution in [0.1, 0.15) is 17.7 Å². The molecule has 0 radical (unpaired) electrons. The summed E-state index contributed by atoms with van der Waals surface area (Å²) in [4.78, 5) is 3.38. The summed E-state index contributed by atoms with van der Waals surface area (Å²) in [6.45, 7) is 2.21. The summed E-state index contributed by atoms with van der Waals surface area (Å²) in [5.74, 6) is 0.916. The number of hydrogen-bond donors (Lipinski definition) is 0. The van der Waals surface area contributed by atoms with Crippen LogP contribution in [0.25, 0.3) is 0 Å². The fourth-order valence-corrected chi connectivity index (χ4v) is 6.82. The molecular weight excluding hydrogens is 396 g/mol. The minimum absolute atomic E-state index is 0.337. The zero-order valence-corrected chi connectivity index (χ0v) is 16.2. The molecular formula is C13H20BrClN2O2S2. The van der Waals surface area contributed by atoms with E-state index in [4.69, 9.17) is 11.6 Å². The largest absolute Gasteiger partial charge is 0.309 e. The van der Waals surface area contributed by atoms with Crippen LogP contribution in [0.5, 0.6) is 0 Å². The SMILES string of the molecule is CN(C)CC1CCN(S(=O)(=O)c2cc(CCl)sc2Br)CC1. The Labute approximate surface area is 144 Å². The molecule has 120 valence electrons. The van der Waals surface area contributed by atoms with Gasteiger partial charge in [0.15, 0.2) is 0 Å². The maximum Gasteiger partial charge on any atom is 0.245 e. The van der Waals surface area contributed by atoms with Crippen LogP contribution in [-0.2, 0) is 15.9 Å². The van der Waals surface area contributed by atoms with Crippen LogP contribution in [0.2, 0.25) is 0 Å². The van der Waals surface area contributed by atoms with Crippen molar-refractivity contribution in [2.24, 2.45) is 5.92 Å². The Kier molecular flexibility index (Phi) is 6.13. The van der Waals surface area contributed by atoms with Gasteiger partial charge in [-0.05, 0) is 54.9 Å². The molecule has 0 amide bonds. The molecule has 1 saturated heterocycles. The third-order valence-electron chi connectivity index (χ3n) is 3.65. The van der Waals surface area contributed by atoms with Crippen molar-refractivity contribution < 1.29 is 8.42 Å². The van der Waals surface area contributed by atoms with Crippen LogP contribution in [0.3, 0.4) is 0 Å². The lowest BCUT2D eigenvalue weighted by Crippen LogP contribution is -2.40. The second-order valence-corrected chi connectivity index (χ2v) is 10.2. The summed E-state index contributed by atoms with van der Waals surface area (Å²) in [5.41, 5.74) is 0. The predicted octanol–water partition coefficient (Wildman–Crippen LogP) is 3.21. The van der Waals surface area contributed by atoms with E-state index in [1.54, 1.807) is 10.4 Å². The number of piperidine rings is 1. The van der Waals surface area contributed by atoms with Crippen molar-refractivity contribution in [3.8, 4) is 0 Å². The van der Waals surface area contributed by atoms with Crippen molar-refractivity contribution in [2.45, 2.75) is 23.6 Å². The monoisotopic (exact) mass is 414 g/mol. The molecule has 0 saturated carbocycles. The van der Waals surface area contributed by atoms with Crippen molar-refractivity contribution in [1.82, 2.24) is 9.21 Å². The Morgan fingerprint density at radius 1 is 1.43 bits per heavy atom. The first-order valence-corrected chi connectivity index (χ1v) is 10.4. The van der Waals surface area contributed by atoms with Gasteiger partial charge in [0.05, 0.1) is 9.67 Å². The van der Waals surface area contributed by atoms with Crippen molar-refractivity contribution in [3.63, 3.8) is 0 Å². The highest BCUT2D eigenvalue weighted by molar-refractivity contribution is 9.11. The molecule has 0 aromatic carbocycles. The van der Waals surface area contributed by atoms with E-state index in [2.05, 4.69) is 34.9 Å². The van der Waals surface area contributed by atoms with Crippen LogP contribution in [-0.4, -0.2) is 51.4 Å². The van der Waals surface area contributed by atoms with Gasteiger partial charge in [-0.2, -0.15) is 4.31 Å². The van der Waals surface area contributed by atoms with E-state index in [0.717, 1.165) is 24.3 Å². The average Bonchev–Trinajstić information content (AvgIpc) is 2.81.